The molecule has 78 valence electrons. The van der Waals surface area contributed by atoms with Crippen LogP contribution in [0.15, 0.2) is 54.6 Å². The van der Waals surface area contributed by atoms with E-state index in [1.165, 1.54) is 10.8 Å². The molecule has 0 aromatic heterocycles. The zero-order chi connectivity index (χ0) is 11.2. The van der Waals surface area contributed by atoms with Gasteiger partial charge >= 0.3 is 0 Å². The average molecular weight is 222 g/mol. The summed E-state index contributed by atoms with van der Waals surface area (Å²) >= 11 is 0. The number of hydrogen-bond donors (Lipinski definition) is 0. The topological polar surface area (TPSA) is 0 Å². The lowest BCUT2D eigenvalue weighted by molar-refractivity contribution is 1.49. The van der Waals surface area contributed by atoms with Crippen LogP contribution in [0.5, 0.6) is 0 Å². The molecule has 0 saturated heterocycles. The zero-order valence-electron chi connectivity index (χ0n) is 9.40. The second-order valence-corrected chi connectivity index (χ2v) is 5.35. The van der Waals surface area contributed by atoms with E-state index in [1.54, 1.807) is 0 Å². The highest BCUT2D eigenvalue weighted by Gasteiger charge is 1.89. The summed E-state index contributed by atoms with van der Waals surface area (Å²) < 4.78 is 0. The minimum atomic E-state index is -0.432. The average Bonchev–Trinajstić information content (AvgIpc) is 2.33. The first-order valence-corrected chi connectivity index (χ1v) is 6.85. The van der Waals surface area contributed by atoms with E-state index in [0.717, 1.165) is 5.56 Å². The van der Waals surface area contributed by atoms with Crippen LogP contribution in [0.1, 0.15) is 11.1 Å². The molecule has 0 bridgehead atoms. The minimum Gasteiger partial charge on any atom is -0.129 e. The van der Waals surface area contributed by atoms with Gasteiger partial charge in [-0.15, -0.1) is 5.54 Å². The fourth-order valence-corrected chi connectivity index (χ4v) is 2.44. The van der Waals surface area contributed by atoms with Gasteiger partial charge in [-0.3, -0.25) is 0 Å². The van der Waals surface area contributed by atoms with Crippen LogP contribution >= 0.6 is 0 Å². The summed E-state index contributed by atoms with van der Waals surface area (Å²) in [5.41, 5.74) is 5.75. The van der Waals surface area contributed by atoms with E-state index in [4.69, 9.17) is 0 Å². The molecular formula is C15H14Si. The van der Waals surface area contributed by atoms with Crippen molar-refractivity contribution in [3.63, 3.8) is 0 Å². The molecule has 0 aliphatic heterocycles. The van der Waals surface area contributed by atoms with Gasteiger partial charge in [0.25, 0.3) is 0 Å². The number of rotatable bonds is 1. The van der Waals surface area contributed by atoms with E-state index >= 15 is 0 Å². The summed E-state index contributed by atoms with van der Waals surface area (Å²) in [6.45, 7) is 2.11. The molecule has 0 aliphatic carbocycles. The van der Waals surface area contributed by atoms with Crippen LogP contribution in [0.2, 0.25) is 0 Å². The van der Waals surface area contributed by atoms with Crippen molar-refractivity contribution in [2.45, 2.75) is 6.92 Å². The summed E-state index contributed by atoms with van der Waals surface area (Å²) in [7, 11) is -0.432. The lowest BCUT2D eigenvalue weighted by atomic mass is 10.2. The summed E-state index contributed by atoms with van der Waals surface area (Å²) in [4.78, 5) is 0. The van der Waals surface area contributed by atoms with Gasteiger partial charge in [0.1, 0.15) is 9.52 Å². The van der Waals surface area contributed by atoms with E-state index in [9.17, 15) is 0 Å². The fourth-order valence-electron chi connectivity index (χ4n) is 1.48. The first-order valence-electron chi connectivity index (χ1n) is 5.44. The Bertz CT molecular complexity index is 501. The molecule has 2 aromatic carbocycles. The van der Waals surface area contributed by atoms with E-state index < -0.39 is 9.52 Å². The van der Waals surface area contributed by atoms with Gasteiger partial charge < -0.3 is 0 Å². The maximum Gasteiger partial charge on any atom is 0.138 e. The SMILES string of the molecule is Cc1ccc([SiH2]C#Cc2ccccc2)cc1. The maximum absolute atomic E-state index is 3.33. The summed E-state index contributed by atoms with van der Waals surface area (Å²) in [5, 5.41) is 1.41. The monoisotopic (exact) mass is 222 g/mol. The molecule has 1 heteroatoms. The molecule has 0 atom stereocenters. The van der Waals surface area contributed by atoms with Crippen LogP contribution in [0.25, 0.3) is 0 Å². The second-order valence-electron chi connectivity index (χ2n) is 3.83. The molecule has 16 heavy (non-hydrogen) atoms. The smallest absolute Gasteiger partial charge is 0.129 e. The van der Waals surface area contributed by atoms with Crippen molar-refractivity contribution in [2.75, 3.05) is 0 Å². The third-order valence-electron chi connectivity index (χ3n) is 2.42. The van der Waals surface area contributed by atoms with E-state index in [1.807, 2.05) is 18.2 Å². The number of hydrogen-bond acceptors (Lipinski definition) is 0. The molecule has 0 saturated carbocycles. The molecule has 0 aliphatic rings. The molecule has 2 aromatic rings. The lowest BCUT2D eigenvalue weighted by Gasteiger charge is -1.94. The van der Waals surface area contributed by atoms with E-state index in [-0.39, 0.29) is 0 Å². The predicted molar refractivity (Wildman–Crippen MR) is 72.7 cm³/mol. The summed E-state index contributed by atoms with van der Waals surface area (Å²) in [6, 6.07) is 18.9. The maximum atomic E-state index is 3.33. The molecule has 0 amide bonds. The van der Waals surface area contributed by atoms with Crippen molar-refractivity contribution in [3.05, 3.63) is 65.7 Å². The Hall–Kier alpha value is -1.78. The van der Waals surface area contributed by atoms with Gasteiger partial charge in [-0.1, -0.05) is 59.1 Å². The highest BCUT2D eigenvalue weighted by Crippen LogP contribution is 1.94. The van der Waals surface area contributed by atoms with Gasteiger partial charge in [0.15, 0.2) is 0 Å². The molecule has 2 rings (SSSR count). The molecule has 0 radical (unpaired) electrons. The van der Waals surface area contributed by atoms with Crippen molar-refractivity contribution >= 4 is 14.7 Å². The quantitative estimate of drug-likeness (QED) is 0.510. The standard InChI is InChI=1S/C15H14Si/c1-13-7-9-15(10-8-13)16-12-11-14-5-3-2-4-6-14/h2-10H,16H2,1H3. The molecule has 0 unspecified atom stereocenters. The predicted octanol–water partition coefficient (Wildman–Crippen LogP) is 1.80. The van der Waals surface area contributed by atoms with Crippen LogP contribution in [-0.2, 0) is 0 Å². The van der Waals surface area contributed by atoms with Gasteiger partial charge in [-0.2, -0.15) is 0 Å². The normalized spacial score (nSPS) is 10.1. The zero-order valence-corrected chi connectivity index (χ0v) is 10.8. The van der Waals surface area contributed by atoms with Gasteiger partial charge in [0.2, 0.25) is 0 Å². The molecule has 0 fully saturated rings. The van der Waals surface area contributed by atoms with Crippen molar-refractivity contribution in [1.82, 2.24) is 0 Å². The third kappa shape index (κ3) is 3.11. The van der Waals surface area contributed by atoms with Crippen LogP contribution < -0.4 is 5.19 Å². The van der Waals surface area contributed by atoms with Crippen molar-refractivity contribution in [2.24, 2.45) is 0 Å². The third-order valence-corrected chi connectivity index (χ3v) is 3.65. The molecule has 0 spiro atoms. The van der Waals surface area contributed by atoms with E-state index in [2.05, 4.69) is 54.8 Å². The number of aryl methyl sites for hydroxylation is 1. The number of benzene rings is 2. The fraction of sp³-hybridized carbons (Fsp3) is 0.0667. The van der Waals surface area contributed by atoms with Crippen molar-refractivity contribution in [1.29, 1.82) is 0 Å². The van der Waals surface area contributed by atoms with Gasteiger partial charge in [0, 0.05) is 5.56 Å². The van der Waals surface area contributed by atoms with Crippen LogP contribution in [0.3, 0.4) is 0 Å². The Morgan fingerprint density at radius 1 is 0.875 bits per heavy atom. The molecular weight excluding hydrogens is 208 g/mol. The highest BCUT2D eigenvalue weighted by atomic mass is 28.2. The van der Waals surface area contributed by atoms with Crippen LogP contribution in [0.4, 0.5) is 0 Å². The first kappa shape index (κ1) is 10.7. The summed E-state index contributed by atoms with van der Waals surface area (Å²) in [5.74, 6) is 3.22. The van der Waals surface area contributed by atoms with Gasteiger partial charge in [-0.25, -0.2) is 0 Å². The Kier molecular flexibility index (Phi) is 3.58. The Balaban J connectivity index is 2.03. The van der Waals surface area contributed by atoms with Crippen molar-refractivity contribution in [3.8, 4) is 11.5 Å². The largest absolute Gasteiger partial charge is 0.138 e. The Morgan fingerprint density at radius 3 is 2.25 bits per heavy atom. The molecule has 0 nitrogen and oxygen atoms in total. The van der Waals surface area contributed by atoms with Gasteiger partial charge in [0.05, 0.1) is 0 Å². The van der Waals surface area contributed by atoms with Crippen LogP contribution in [0, 0.1) is 18.4 Å². The molecule has 0 N–H and O–H groups in total. The Labute approximate surface area is 99.2 Å². The Morgan fingerprint density at radius 2 is 1.56 bits per heavy atom. The first-order chi connectivity index (χ1) is 7.84. The second kappa shape index (κ2) is 5.34. The van der Waals surface area contributed by atoms with Crippen molar-refractivity contribution < 1.29 is 0 Å². The van der Waals surface area contributed by atoms with Crippen LogP contribution in [-0.4, -0.2) is 9.52 Å². The lowest BCUT2D eigenvalue weighted by Crippen LogP contribution is -2.11. The summed E-state index contributed by atoms with van der Waals surface area (Å²) in [6.07, 6.45) is 0. The van der Waals surface area contributed by atoms with E-state index in [0.29, 0.717) is 0 Å². The minimum absolute atomic E-state index is 0.432. The highest BCUT2D eigenvalue weighted by molar-refractivity contribution is 6.61. The van der Waals surface area contributed by atoms with Gasteiger partial charge in [-0.05, 0) is 19.1 Å². The molecule has 0 heterocycles.